The largest absolute Gasteiger partial charge is 0.504 e. The van der Waals surface area contributed by atoms with Gasteiger partial charge in [-0.25, -0.2) is 0 Å². The molecule has 4 nitrogen and oxygen atoms in total. The summed E-state index contributed by atoms with van der Waals surface area (Å²) >= 11 is 0. The molecule has 4 rings (SSSR count). The number of aromatic hydroxyl groups is 2. The van der Waals surface area contributed by atoms with Crippen molar-refractivity contribution in [3.05, 3.63) is 52.6 Å². The second kappa shape index (κ2) is 4.92. The van der Waals surface area contributed by atoms with Gasteiger partial charge >= 0.3 is 0 Å². The number of rotatable bonds is 1. The second-order valence-corrected chi connectivity index (χ2v) is 6.04. The summed E-state index contributed by atoms with van der Waals surface area (Å²) in [4.78, 5) is 0. The molecule has 0 saturated heterocycles. The van der Waals surface area contributed by atoms with E-state index in [1.165, 1.54) is 22.8 Å². The first kappa shape index (κ1) is 13.5. The monoisotopic (exact) mass is 297 g/mol. The normalized spacial score (nSPS) is 22.2. The molecule has 2 aliphatic heterocycles. The van der Waals surface area contributed by atoms with E-state index in [4.69, 9.17) is 4.74 Å². The lowest BCUT2D eigenvalue weighted by Gasteiger charge is -2.39. The van der Waals surface area contributed by atoms with E-state index in [1.54, 1.807) is 6.07 Å². The number of aryl methyl sites for hydroxylation is 1. The van der Waals surface area contributed by atoms with E-state index in [0.29, 0.717) is 12.4 Å². The number of phenols is 2. The predicted octanol–water partition coefficient (Wildman–Crippen LogP) is 2.66. The summed E-state index contributed by atoms with van der Waals surface area (Å²) < 4.78 is 5.77. The minimum atomic E-state index is -0.136. The van der Waals surface area contributed by atoms with Gasteiger partial charge in [0.05, 0.1) is 6.04 Å². The molecule has 0 unspecified atom stereocenters. The summed E-state index contributed by atoms with van der Waals surface area (Å²) in [6, 6.07) is 9.97. The quantitative estimate of drug-likeness (QED) is 0.708. The molecule has 2 aromatic rings. The molecule has 0 spiro atoms. The number of nitrogens with one attached hydrogen (secondary N) is 1. The Bertz CT molecular complexity index is 741. The summed E-state index contributed by atoms with van der Waals surface area (Å²) in [5, 5.41) is 23.1. The van der Waals surface area contributed by atoms with Gasteiger partial charge in [-0.1, -0.05) is 25.1 Å². The maximum atomic E-state index is 9.89. The van der Waals surface area contributed by atoms with Gasteiger partial charge in [-0.05, 0) is 29.2 Å². The Morgan fingerprint density at radius 1 is 1.14 bits per heavy atom. The van der Waals surface area contributed by atoms with Gasteiger partial charge in [0.25, 0.3) is 0 Å². The Morgan fingerprint density at radius 3 is 2.77 bits per heavy atom. The van der Waals surface area contributed by atoms with Crippen LogP contribution in [0.25, 0.3) is 0 Å². The Hall–Kier alpha value is -2.20. The highest BCUT2D eigenvalue weighted by Crippen LogP contribution is 2.45. The molecule has 114 valence electrons. The van der Waals surface area contributed by atoms with Crippen LogP contribution in [0.15, 0.2) is 30.3 Å². The molecule has 0 amide bonds. The van der Waals surface area contributed by atoms with Crippen LogP contribution in [0, 0.1) is 0 Å². The molecule has 2 aromatic carbocycles. The Labute approximate surface area is 129 Å². The maximum Gasteiger partial charge on any atom is 0.161 e. The Balaban J connectivity index is 1.90. The van der Waals surface area contributed by atoms with Crippen molar-refractivity contribution < 1.29 is 14.9 Å². The van der Waals surface area contributed by atoms with Crippen LogP contribution in [-0.2, 0) is 13.0 Å². The van der Waals surface area contributed by atoms with E-state index in [9.17, 15) is 10.2 Å². The number of hydrogen-bond donors (Lipinski definition) is 3. The minimum Gasteiger partial charge on any atom is -0.504 e. The standard InChI is InChI=1S/C18H19NO3/c1-2-10-3-4-11-8-19-14-9-22-17-7-16(21)15(20)6-13(17)18(14)12(11)5-10/h3-7,14,18-21H,2,8-9H2,1H3/t14-,18-/m1/s1. The highest BCUT2D eigenvalue weighted by atomic mass is 16.5. The lowest BCUT2D eigenvalue weighted by molar-refractivity contribution is 0.214. The molecular formula is C18H19NO3. The molecule has 2 aliphatic rings. The van der Waals surface area contributed by atoms with Crippen molar-refractivity contribution in [3.8, 4) is 17.2 Å². The van der Waals surface area contributed by atoms with Crippen LogP contribution in [0.4, 0.5) is 0 Å². The zero-order valence-corrected chi connectivity index (χ0v) is 12.5. The van der Waals surface area contributed by atoms with Gasteiger partial charge in [0.1, 0.15) is 12.4 Å². The second-order valence-electron chi connectivity index (χ2n) is 6.04. The fourth-order valence-corrected chi connectivity index (χ4v) is 3.55. The first-order chi connectivity index (χ1) is 10.7. The lowest BCUT2D eigenvalue weighted by atomic mass is 9.78. The average Bonchev–Trinajstić information content (AvgIpc) is 2.55. The van der Waals surface area contributed by atoms with Gasteiger partial charge in [-0.2, -0.15) is 0 Å². The van der Waals surface area contributed by atoms with Crippen molar-refractivity contribution in [2.24, 2.45) is 0 Å². The van der Waals surface area contributed by atoms with Crippen LogP contribution in [0.1, 0.15) is 35.1 Å². The molecule has 3 N–H and O–H groups in total. The van der Waals surface area contributed by atoms with Crippen LogP contribution in [0.5, 0.6) is 17.2 Å². The van der Waals surface area contributed by atoms with E-state index in [-0.39, 0.29) is 23.5 Å². The van der Waals surface area contributed by atoms with Crippen LogP contribution in [0.3, 0.4) is 0 Å². The predicted molar refractivity (Wildman–Crippen MR) is 83.6 cm³/mol. The summed E-state index contributed by atoms with van der Waals surface area (Å²) in [5.74, 6) is 0.573. The minimum absolute atomic E-state index is 0.0956. The van der Waals surface area contributed by atoms with Gasteiger partial charge in [0.15, 0.2) is 11.5 Å². The van der Waals surface area contributed by atoms with Crippen molar-refractivity contribution in [1.29, 1.82) is 0 Å². The van der Waals surface area contributed by atoms with Crippen molar-refractivity contribution in [2.45, 2.75) is 31.8 Å². The van der Waals surface area contributed by atoms with E-state index in [1.807, 2.05) is 0 Å². The number of benzene rings is 2. The third kappa shape index (κ3) is 1.95. The van der Waals surface area contributed by atoms with Gasteiger partial charge in [0, 0.05) is 24.1 Å². The van der Waals surface area contributed by atoms with E-state index in [2.05, 4.69) is 30.4 Å². The van der Waals surface area contributed by atoms with Crippen molar-refractivity contribution in [1.82, 2.24) is 5.32 Å². The van der Waals surface area contributed by atoms with Crippen molar-refractivity contribution in [3.63, 3.8) is 0 Å². The molecule has 0 fully saturated rings. The highest BCUT2D eigenvalue weighted by Gasteiger charge is 2.37. The fraction of sp³-hybridized carbons (Fsp3) is 0.333. The molecule has 0 aromatic heterocycles. The van der Waals surface area contributed by atoms with E-state index < -0.39 is 0 Å². The van der Waals surface area contributed by atoms with E-state index in [0.717, 1.165) is 18.5 Å². The van der Waals surface area contributed by atoms with E-state index >= 15 is 0 Å². The Morgan fingerprint density at radius 2 is 1.95 bits per heavy atom. The van der Waals surface area contributed by atoms with Crippen LogP contribution < -0.4 is 10.1 Å². The first-order valence-corrected chi connectivity index (χ1v) is 7.71. The van der Waals surface area contributed by atoms with Crippen LogP contribution >= 0.6 is 0 Å². The van der Waals surface area contributed by atoms with Gasteiger partial charge < -0.3 is 20.3 Å². The zero-order chi connectivity index (χ0) is 15.3. The molecule has 2 heterocycles. The molecule has 0 radical (unpaired) electrons. The molecule has 22 heavy (non-hydrogen) atoms. The summed E-state index contributed by atoms with van der Waals surface area (Å²) in [6.45, 7) is 3.56. The topological polar surface area (TPSA) is 61.7 Å². The molecule has 4 heteroatoms. The third-order valence-corrected chi connectivity index (χ3v) is 4.77. The molecular weight excluding hydrogens is 278 g/mol. The lowest BCUT2D eigenvalue weighted by Crippen LogP contribution is -2.46. The number of fused-ring (bicyclic) bond motifs is 5. The third-order valence-electron chi connectivity index (χ3n) is 4.77. The first-order valence-electron chi connectivity index (χ1n) is 7.71. The van der Waals surface area contributed by atoms with Crippen molar-refractivity contribution >= 4 is 0 Å². The zero-order valence-electron chi connectivity index (χ0n) is 12.5. The number of hydrogen-bond acceptors (Lipinski definition) is 4. The van der Waals surface area contributed by atoms with Crippen molar-refractivity contribution in [2.75, 3.05) is 6.61 Å². The molecule has 0 bridgehead atoms. The molecule has 0 saturated carbocycles. The molecule has 2 atom stereocenters. The number of ether oxygens (including phenoxy) is 1. The highest BCUT2D eigenvalue weighted by molar-refractivity contribution is 5.56. The smallest absolute Gasteiger partial charge is 0.161 e. The number of phenolic OH excluding ortho intramolecular Hbond substituents is 2. The van der Waals surface area contributed by atoms with Gasteiger partial charge in [0.2, 0.25) is 0 Å². The fourth-order valence-electron chi connectivity index (χ4n) is 3.55. The van der Waals surface area contributed by atoms with Crippen LogP contribution in [-0.4, -0.2) is 22.9 Å². The van der Waals surface area contributed by atoms with Gasteiger partial charge in [-0.15, -0.1) is 0 Å². The summed E-state index contributed by atoms with van der Waals surface area (Å²) in [7, 11) is 0. The SMILES string of the molecule is CCc1ccc2c(c1)[C@@H]1c3cc(O)c(O)cc3OC[C@H]1NC2. The molecule has 0 aliphatic carbocycles. The summed E-state index contributed by atoms with van der Waals surface area (Å²) in [6.07, 6.45) is 1.00. The summed E-state index contributed by atoms with van der Waals surface area (Å²) in [5.41, 5.74) is 4.85. The Kier molecular flexibility index (Phi) is 3.01. The average molecular weight is 297 g/mol. The van der Waals surface area contributed by atoms with Gasteiger partial charge in [-0.3, -0.25) is 0 Å². The maximum absolute atomic E-state index is 9.89. The van der Waals surface area contributed by atoms with Crippen LogP contribution in [0.2, 0.25) is 0 Å².